The van der Waals surface area contributed by atoms with Gasteiger partial charge < -0.3 is 10.1 Å². The van der Waals surface area contributed by atoms with E-state index in [0.29, 0.717) is 0 Å². The Morgan fingerprint density at radius 2 is 2.05 bits per heavy atom. The first-order valence-corrected chi connectivity index (χ1v) is 9.55. The Labute approximate surface area is 133 Å². The number of carbonyl (C=O) groups excluding carboxylic acids is 1. The Balaban J connectivity index is 1.82. The lowest BCUT2D eigenvalue weighted by molar-refractivity contribution is -0.119. The fourth-order valence-corrected chi connectivity index (χ4v) is 5.27. The molecule has 0 bridgehead atoms. The van der Waals surface area contributed by atoms with Gasteiger partial charge in [-0.1, -0.05) is 0 Å². The van der Waals surface area contributed by atoms with Gasteiger partial charge in [-0.3, -0.25) is 4.79 Å². The zero-order chi connectivity index (χ0) is 15.5. The Morgan fingerprint density at radius 1 is 1.38 bits per heavy atom. The van der Waals surface area contributed by atoms with Gasteiger partial charge in [0, 0.05) is 4.90 Å². The number of hydrogen-bond donors (Lipinski definition) is 1. The smallest absolute Gasteiger partial charge is 0.230 e. The van der Waals surface area contributed by atoms with E-state index in [1.807, 2.05) is 24.3 Å². The van der Waals surface area contributed by atoms with E-state index < -0.39 is 21.3 Å². The van der Waals surface area contributed by atoms with Crippen LogP contribution in [0.5, 0.6) is 5.75 Å². The van der Waals surface area contributed by atoms with E-state index in [1.54, 1.807) is 7.11 Å². The molecule has 1 N–H and O–H groups in total. The van der Waals surface area contributed by atoms with Gasteiger partial charge in [-0.25, -0.2) is 8.42 Å². The Bertz CT molecular complexity index is 603. The number of ether oxygens (including phenoxy) is 1. The quantitative estimate of drug-likeness (QED) is 0.641. The van der Waals surface area contributed by atoms with Crippen LogP contribution in [0.4, 0.5) is 0 Å². The fourth-order valence-electron chi connectivity index (χ4n) is 2.01. The number of rotatable bonds is 5. The number of thioether (sulfide) groups is 1. The van der Waals surface area contributed by atoms with E-state index in [4.69, 9.17) is 16.3 Å². The van der Waals surface area contributed by atoms with Gasteiger partial charge in [-0.15, -0.1) is 23.4 Å². The molecule has 116 valence electrons. The predicted octanol–water partition coefficient (Wildman–Crippen LogP) is 1.31. The summed E-state index contributed by atoms with van der Waals surface area (Å²) < 4.78 is 27.9. The maximum Gasteiger partial charge on any atom is 0.230 e. The van der Waals surface area contributed by atoms with Crippen LogP contribution in [0.2, 0.25) is 0 Å². The van der Waals surface area contributed by atoms with Gasteiger partial charge in [0.25, 0.3) is 0 Å². The zero-order valence-corrected chi connectivity index (χ0v) is 13.8. The topological polar surface area (TPSA) is 72.5 Å². The third-order valence-corrected chi connectivity index (χ3v) is 6.45. The average Bonchev–Trinajstić information content (AvgIpc) is 2.69. The number of alkyl halides is 1. The molecule has 21 heavy (non-hydrogen) atoms. The van der Waals surface area contributed by atoms with Gasteiger partial charge in [0.2, 0.25) is 5.91 Å². The molecule has 1 aromatic rings. The molecule has 1 aliphatic rings. The van der Waals surface area contributed by atoms with Crippen molar-refractivity contribution in [3.8, 4) is 5.75 Å². The van der Waals surface area contributed by atoms with Crippen molar-refractivity contribution in [1.82, 2.24) is 5.32 Å². The van der Waals surface area contributed by atoms with Crippen molar-refractivity contribution in [2.24, 2.45) is 0 Å². The molecular weight excluding hydrogens is 334 g/mol. The molecule has 2 rings (SSSR count). The second-order valence-electron chi connectivity index (χ2n) is 4.73. The molecule has 1 fully saturated rings. The third kappa shape index (κ3) is 4.79. The molecular formula is C13H16ClNO4S2. The molecule has 1 amide bonds. The van der Waals surface area contributed by atoms with Crippen molar-refractivity contribution in [3.63, 3.8) is 0 Å². The van der Waals surface area contributed by atoms with E-state index >= 15 is 0 Å². The van der Waals surface area contributed by atoms with Gasteiger partial charge in [0.15, 0.2) is 9.84 Å². The highest BCUT2D eigenvalue weighted by molar-refractivity contribution is 8.00. The highest BCUT2D eigenvalue weighted by atomic mass is 35.5. The molecule has 0 aromatic heterocycles. The van der Waals surface area contributed by atoms with Crippen LogP contribution in [-0.4, -0.2) is 50.1 Å². The fraction of sp³-hybridized carbons (Fsp3) is 0.462. The molecule has 1 aromatic carbocycles. The molecule has 0 saturated carbocycles. The SMILES string of the molecule is COc1ccc(SCC(=O)N[C@@H]2CS(=O)(=O)C[C@H]2Cl)cc1. The molecule has 0 radical (unpaired) electrons. The Hall–Kier alpha value is -0.920. The first kappa shape index (κ1) is 16.5. The van der Waals surface area contributed by atoms with Gasteiger partial charge in [-0.2, -0.15) is 0 Å². The minimum absolute atomic E-state index is 0.0782. The summed E-state index contributed by atoms with van der Waals surface area (Å²) >= 11 is 7.31. The van der Waals surface area contributed by atoms with Gasteiger partial charge in [-0.05, 0) is 24.3 Å². The van der Waals surface area contributed by atoms with Crippen LogP contribution in [0.1, 0.15) is 0 Å². The van der Waals surface area contributed by atoms with Crippen LogP contribution < -0.4 is 10.1 Å². The van der Waals surface area contributed by atoms with E-state index in [9.17, 15) is 13.2 Å². The van der Waals surface area contributed by atoms with Crippen LogP contribution in [0.25, 0.3) is 0 Å². The summed E-state index contributed by atoms with van der Waals surface area (Å²) in [6.45, 7) is 0. The number of carbonyl (C=O) groups is 1. The molecule has 1 saturated heterocycles. The maximum atomic E-state index is 11.8. The van der Waals surface area contributed by atoms with Crippen molar-refractivity contribution >= 4 is 39.1 Å². The molecule has 0 spiro atoms. The Morgan fingerprint density at radius 3 is 2.57 bits per heavy atom. The summed E-state index contributed by atoms with van der Waals surface area (Å²) in [5, 5.41) is 2.13. The number of hydrogen-bond acceptors (Lipinski definition) is 5. The highest BCUT2D eigenvalue weighted by Gasteiger charge is 2.37. The summed E-state index contributed by atoms with van der Waals surface area (Å²) in [5.74, 6) is 0.589. The monoisotopic (exact) mass is 349 g/mol. The highest BCUT2D eigenvalue weighted by Crippen LogP contribution is 2.22. The van der Waals surface area contributed by atoms with Crippen molar-refractivity contribution in [1.29, 1.82) is 0 Å². The van der Waals surface area contributed by atoms with Crippen molar-refractivity contribution in [2.45, 2.75) is 16.3 Å². The normalized spacial score (nSPS) is 23.7. The zero-order valence-electron chi connectivity index (χ0n) is 11.4. The minimum Gasteiger partial charge on any atom is -0.497 e. The summed E-state index contributed by atoms with van der Waals surface area (Å²) in [5.41, 5.74) is 0. The van der Waals surface area contributed by atoms with Crippen molar-refractivity contribution < 1.29 is 17.9 Å². The summed E-state index contributed by atoms with van der Waals surface area (Å²) in [6, 6.07) is 6.86. The van der Waals surface area contributed by atoms with Crippen LogP contribution in [0.15, 0.2) is 29.2 Å². The van der Waals surface area contributed by atoms with E-state index in [1.165, 1.54) is 11.8 Å². The van der Waals surface area contributed by atoms with Crippen LogP contribution in [0.3, 0.4) is 0 Å². The molecule has 1 heterocycles. The predicted molar refractivity (Wildman–Crippen MR) is 83.9 cm³/mol. The second kappa shape index (κ2) is 6.89. The van der Waals surface area contributed by atoms with Gasteiger partial charge in [0.05, 0.1) is 35.8 Å². The Kier molecular flexibility index (Phi) is 5.40. The largest absolute Gasteiger partial charge is 0.497 e. The standard InChI is InChI=1S/C13H16ClNO4S2/c1-19-9-2-4-10(5-3-9)20-6-13(16)15-12-8-21(17,18)7-11(12)14/h2-5,11-12H,6-8H2,1H3,(H,15,16)/t11-,12-/m1/s1. The second-order valence-corrected chi connectivity index (χ2v) is 8.49. The third-order valence-electron chi connectivity index (χ3n) is 3.06. The maximum absolute atomic E-state index is 11.8. The summed E-state index contributed by atoms with van der Waals surface area (Å²) in [6.07, 6.45) is 0. The molecule has 1 aliphatic heterocycles. The molecule has 0 aliphatic carbocycles. The molecule has 5 nitrogen and oxygen atoms in total. The lowest BCUT2D eigenvalue weighted by Crippen LogP contribution is -2.41. The van der Waals surface area contributed by atoms with Crippen LogP contribution >= 0.6 is 23.4 Å². The summed E-state index contributed by atoms with van der Waals surface area (Å²) in [4.78, 5) is 12.8. The first-order chi connectivity index (χ1) is 9.89. The van der Waals surface area contributed by atoms with E-state index in [2.05, 4.69) is 5.32 Å². The van der Waals surface area contributed by atoms with Crippen molar-refractivity contribution in [2.75, 3.05) is 24.4 Å². The number of halogens is 1. The number of benzene rings is 1. The van der Waals surface area contributed by atoms with E-state index in [-0.39, 0.29) is 23.2 Å². The van der Waals surface area contributed by atoms with Crippen LogP contribution in [-0.2, 0) is 14.6 Å². The number of amides is 1. The first-order valence-electron chi connectivity index (χ1n) is 6.30. The number of methoxy groups -OCH3 is 1. The molecule has 8 heteroatoms. The average molecular weight is 350 g/mol. The lowest BCUT2D eigenvalue weighted by Gasteiger charge is -2.14. The lowest BCUT2D eigenvalue weighted by atomic mass is 10.2. The minimum atomic E-state index is -3.13. The summed E-state index contributed by atoms with van der Waals surface area (Å²) in [7, 11) is -1.54. The van der Waals surface area contributed by atoms with Crippen LogP contribution in [0, 0.1) is 0 Å². The number of sulfone groups is 1. The molecule has 0 unspecified atom stereocenters. The van der Waals surface area contributed by atoms with E-state index in [0.717, 1.165) is 10.6 Å². The van der Waals surface area contributed by atoms with Gasteiger partial charge >= 0.3 is 0 Å². The molecule has 2 atom stereocenters. The van der Waals surface area contributed by atoms with Crippen molar-refractivity contribution in [3.05, 3.63) is 24.3 Å². The number of nitrogens with one attached hydrogen (secondary N) is 1. The van der Waals surface area contributed by atoms with Gasteiger partial charge in [0.1, 0.15) is 5.75 Å².